The molecule has 0 aromatic heterocycles. The molecule has 0 aliphatic heterocycles. The molecular weight excluding hydrogens is 208 g/mol. The van der Waals surface area contributed by atoms with Gasteiger partial charge < -0.3 is 4.90 Å². The third kappa shape index (κ3) is 8.21. The van der Waals surface area contributed by atoms with Gasteiger partial charge in [-0.2, -0.15) is 5.26 Å². The minimum atomic E-state index is -0.145. The highest BCUT2D eigenvalue weighted by atomic mass is 15.1. The van der Waals surface area contributed by atoms with E-state index in [1.54, 1.807) is 0 Å². The Morgan fingerprint density at radius 3 is 2.35 bits per heavy atom. The Bertz CT molecular complexity index is 228. The van der Waals surface area contributed by atoms with Gasteiger partial charge in [0.2, 0.25) is 0 Å². The zero-order chi connectivity index (χ0) is 13.3. The fourth-order valence-corrected chi connectivity index (χ4v) is 1.91. The Morgan fingerprint density at radius 1 is 1.24 bits per heavy atom. The summed E-state index contributed by atoms with van der Waals surface area (Å²) in [5, 5.41) is 8.94. The first-order chi connectivity index (χ1) is 7.95. The lowest BCUT2D eigenvalue weighted by Crippen LogP contribution is -2.29. The first-order valence-corrected chi connectivity index (χ1v) is 7.08. The van der Waals surface area contributed by atoms with Gasteiger partial charge in [-0.05, 0) is 45.7 Å². The van der Waals surface area contributed by atoms with Crippen molar-refractivity contribution in [2.75, 3.05) is 19.6 Å². The topological polar surface area (TPSA) is 27.0 Å². The summed E-state index contributed by atoms with van der Waals surface area (Å²) >= 11 is 0. The summed E-state index contributed by atoms with van der Waals surface area (Å²) in [5.41, 5.74) is -0.145. The first-order valence-electron chi connectivity index (χ1n) is 7.08. The van der Waals surface area contributed by atoms with Crippen LogP contribution in [-0.4, -0.2) is 24.5 Å². The highest BCUT2D eigenvalue weighted by Gasteiger charge is 2.15. The second kappa shape index (κ2) is 8.53. The SMILES string of the molecule is CCC(C)CN(CC)CCCCC(C)(C)C#N. The minimum Gasteiger partial charge on any atom is -0.303 e. The molecule has 17 heavy (non-hydrogen) atoms. The summed E-state index contributed by atoms with van der Waals surface area (Å²) < 4.78 is 0. The number of unbranched alkanes of at least 4 members (excludes halogenated alkanes) is 1. The van der Waals surface area contributed by atoms with Crippen molar-refractivity contribution in [3.63, 3.8) is 0 Å². The Kier molecular flexibility index (Phi) is 8.25. The van der Waals surface area contributed by atoms with E-state index in [2.05, 4.69) is 31.7 Å². The number of hydrogen-bond acceptors (Lipinski definition) is 2. The monoisotopic (exact) mass is 238 g/mol. The molecule has 2 nitrogen and oxygen atoms in total. The van der Waals surface area contributed by atoms with Crippen LogP contribution in [-0.2, 0) is 0 Å². The summed E-state index contributed by atoms with van der Waals surface area (Å²) in [5.74, 6) is 0.797. The molecule has 0 radical (unpaired) electrons. The fourth-order valence-electron chi connectivity index (χ4n) is 1.91. The quantitative estimate of drug-likeness (QED) is 0.566. The van der Waals surface area contributed by atoms with Crippen molar-refractivity contribution in [1.82, 2.24) is 4.90 Å². The largest absolute Gasteiger partial charge is 0.303 e. The van der Waals surface area contributed by atoms with Crippen molar-refractivity contribution < 1.29 is 0 Å². The van der Waals surface area contributed by atoms with Crippen LogP contribution in [0.3, 0.4) is 0 Å². The van der Waals surface area contributed by atoms with Crippen molar-refractivity contribution >= 4 is 0 Å². The van der Waals surface area contributed by atoms with E-state index in [9.17, 15) is 0 Å². The van der Waals surface area contributed by atoms with Crippen LogP contribution >= 0.6 is 0 Å². The van der Waals surface area contributed by atoms with Crippen molar-refractivity contribution in [3.8, 4) is 6.07 Å². The van der Waals surface area contributed by atoms with Gasteiger partial charge in [-0.1, -0.05) is 33.6 Å². The molecule has 0 aliphatic carbocycles. The van der Waals surface area contributed by atoms with Crippen molar-refractivity contribution in [2.45, 2.75) is 60.3 Å². The van der Waals surface area contributed by atoms with E-state index in [1.165, 1.54) is 25.9 Å². The van der Waals surface area contributed by atoms with E-state index in [4.69, 9.17) is 5.26 Å². The molecular formula is C15H30N2. The average Bonchev–Trinajstić information content (AvgIpc) is 2.32. The molecule has 0 aromatic rings. The maximum absolute atomic E-state index is 8.94. The Labute approximate surface area is 108 Å². The van der Waals surface area contributed by atoms with Crippen LogP contribution in [0.25, 0.3) is 0 Å². The number of hydrogen-bond donors (Lipinski definition) is 0. The molecule has 1 atom stereocenters. The normalized spacial score (nSPS) is 13.7. The molecule has 0 saturated heterocycles. The summed E-state index contributed by atoms with van der Waals surface area (Å²) in [6, 6.07) is 2.37. The zero-order valence-electron chi connectivity index (χ0n) is 12.4. The highest BCUT2D eigenvalue weighted by molar-refractivity contribution is 4.91. The first kappa shape index (κ1) is 16.4. The summed E-state index contributed by atoms with van der Waals surface area (Å²) in [4.78, 5) is 2.54. The average molecular weight is 238 g/mol. The summed E-state index contributed by atoms with van der Waals surface area (Å²) in [6.07, 6.45) is 4.66. The van der Waals surface area contributed by atoms with Gasteiger partial charge in [0.25, 0.3) is 0 Å². The number of rotatable bonds is 9. The lowest BCUT2D eigenvalue weighted by atomic mass is 9.89. The zero-order valence-corrected chi connectivity index (χ0v) is 12.4. The van der Waals surface area contributed by atoms with Gasteiger partial charge in [0.15, 0.2) is 0 Å². The molecule has 2 heteroatoms. The van der Waals surface area contributed by atoms with Crippen LogP contribution in [0.4, 0.5) is 0 Å². The van der Waals surface area contributed by atoms with Gasteiger partial charge in [0.05, 0.1) is 11.5 Å². The van der Waals surface area contributed by atoms with Crippen LogP contribution in [0.1, 0.15) is 60.3 Å². The molecule has 100 valence electrons. The minimum absolute atomic E-state index is 0.145. The maximum atomic E-state index is 8.94. The second-order valence-electron chi connectivity index (χ2n) is 5.86. The maximum Gasteiger partial charge on any atom is 0.0683 e. The molecule has 0 fully saturated rings. The Balaban J connectivity index is 3.75. The third-order valence-corrected chi connectivity index (χ3v) is 3.54. The second-order valence-corrected chi connectivity index (χ2v) is 5.86. The van der Waals surface area contributed by atoms with Crippen LogP contribution in [0.5, 0.6) is 0 Å². The predicted octanol–water partition coefficient (Wildman–Crippen LogP) is 4.07. The van der Waals surface area contributed by atoms with Gasteiger partial charge in [-0.3, -0.25) is 0 Å². The van der Waals surface area contributed by atoms with Gasteiger partial charge in [-0.15, -0.1) is 0 Å². The van der Waals surface area contributed by atoms with Crippen molar-refractivity contribution in [3.05, 3.63) is 0 Å². The van der Waals surface area contributed by atoms with Crippen molar-refractivity contribution in [2.24, 2.45) is 11.3 Å². The van der Waals surface area contributed by atoms with Crippen LogP contribution in [0.2, 0.25) is 0 Å². The van der Waals surface area contributed by atoms with Crippen LogP contribution < -0.4 is 0 Å². The van der Waals surface area contributed by atoms with E-state index < -0.39 is 0 Å². The molecule has 1 unspecified atom stereocenters. The number of nitriles is 1. The van der Waals surface area contributed by atoms with E-state index in [1.807, 2.05) is 13.8 Å². The molecule has 0 aromatic carbocycles. The van der Waals surface area contributed by atoms with Crippen molar-refractivity contribution in [1.29, 1.82) is 5.26 Å². The lowest BCUT2D eigenvalue weighted by molar-refractivity contribution is 0.237. The van der Waals surface area contributed by atoms with Crippen LogP contribution in [0, 0.1) is 22.7 Å². The third-order valence-electron chi connectivity index (χ3n) is 3.54. The van der Waals surface area contributed by atoms with E-state index in [-0.39, 0.29) is 5.41 Å². The molecule has 0 N–H and O–H groups in total. The molecule has 0 amide bonds. The Morgan fingerprint density at radius 2 is 1.88 bits per heavy atom. The van der Waals surface area contributed by atoms with Gasteiger partial charge in [0.1, 0.15) is 0 Å². The molecule has 0 bridgehead atoms. The lowest BCUT2D eigenvalue weighted by Gasteiger charge is -2.24. The Hall–Kier alpha value is -0.550. The molecule has 0 spiro atoms. The van der Waals surface area contributed by atoms with E-state index >= 15 is 0 Å². The van der Waals surface area contributed by atoms with E-state index in [0.29, 0.717) is 0 Å². The molecule has 0 heterocycles. The van der Waals surface area contributed by atoms with Gasteiger partial charge >= 0.3 is 0 Å². The molecule has 0 aliphatic rings. The summed E-state index contributed by atoms with van der Waals surface area (Å²) in [6.45, 7) is 14.4. The van der Waals surface area contributed by atoms with Gasteiger partial charge in [0, 0.05) is 6.54 Å². The molecule has 0 rings (SSSR count). The highest BCUT2D eigenvalue weighted by Crippen LogP contribution is 2.21. The van der Waals surface area contributed by atoms with E-state index in [0.717, 1.165) is 25.3 Å². The standard InChI is InChI=1S/C15H30N2/c1-6-14(3)12-17(7-2)11-9-8-10-15(4,5)13-16/h14H,6-12H2,1-5H3. The smallest absolute Gasteiger partial charge is 0.0683 e. The molecule has 0 saturated carbocycles. The van der Waals surface area contributed by atoms with Crippen LogP contribution in [0.15, 0.2) is 0 Å². The number of nitrogens with zero attached hydrogens (tertiary/aromatic N) is 2. The van der Waals surface area contributed by atoms with Gasteiger partial charge in [-0.25, -0.2) is 0 Å². The summed E-state index contributed by atoms with van der Waals surface area (Å²) in [7, 11) is 0. The predicted molar refractivity (Wildman–Crippen MR) is 74.8 cm³/mol. The fraction of sp³-hybridized carbons (Fsp3) is 0.933.